The Morgan fingerprint density at radius 3 is 2.47 bits per heavy atom. The zero-order chi connectivity index (χ0) is 12.1. The fraction of sp³-hybridized carbons (Fsp3) is 0.462. The van der Waals surface area contributed by atoms with Gasteiger partial charge < -0.3 is 15.0 Å². The van der Waals surface area contributed by atoms with Crippen LogP contribution in [0.1, 0.15) is 11.6 Å². The second kappa shape index (κ2) is 5.67. The average molecular weight is 233 g/mol. The fourth-order valence-corrected chi connectivity index (χ4v) is 2.33. The van der Waals surface area contributed by atoms with Crippen LogP contribution in [0.25, 0.3) is 0 Å². The van der Waals surface area contributed by atoms with Gasteiger partial charge in [0.05, 0.1) is 7.11 Å². The number of nitrogens with one attached hydrogen (secondary N) is 1. The first-order chi connectivity index (χ1) is 8.35. The molecular weight excluding hydrogens is 214 g/mol. The van der Waals surface area contributed by atoms with E-state index < -0.39 is 0 Å². The number of ether oxygens (including phenoxy) is 1. The number of piperazine rings is 1. The van der Waals surface area contributed by atoms with Gasteiger partial charge in [0.1, 0.15) is 38.0 Å². The Morgan fingerprint density at radius 2 is 1.94 bits per heavy atom. The summed E-state index contributed by atoms with van der Waals surface area (Å²) in [5.41, 5.74) is 1.09. The fourth-order valence-electron chi connectivity index (χ4n) is 2.33. The highest BCUT2D eigenvalue weighted by Gasteiger charge is 2.26. The first-order valence-corrected chi connectivity index (χ1v) is 6.05. The maximum Gasteiger partial charge on any atom is 0.201 e. The molecule has 0 unspecified atom stereocenters. The molecular formula is C13H19N3O+2. The van der Waals surface area contributed by atoms with Gasteiger partial charge in [-0.2, -0.15) is 5.26 Å². The van der Waals surface area contributed by atoms with Gasteiger partial charge in [-0.05, 0) is 24.3 Å². The smallest absolute Gasteiger partial charge is 0.201 e. The van der Waals surface area contributed by atoms with Crippen molar-refractivity contribution in [3.05, 3.63) is 29.8 Å². The summed E-state index contributed by atoms with van der Waals surface area (Å²) < 4.78 is 5.13. The van der Waals surface area contributed by atoms with E-state index in [2.05, 4.69) is 11.4 Å². The SMILES string of the molecule is COc1ccc([C@H](C#N)[NH+]2CC[NH2+]CC2)cc1. The van der Waals surface area contributed by atoms with Crippen LogP contribution in [0.15, 0.2) is 24.3 Å². The summed E-state index contributed by atoms with van der Waals surface area (Å²) in [6, 6.07) is 10.2. The Labute approximate surface area is 102 Å². The lowest BCUT2D eigenvalue weighted by atomic mass is 10.1. The third-order valence-electron chi connectivity index (χ3n) is 3.33. The summed E-state index contributed by atoms with van der Waals surface area (Å²) in [6.07, 6.45) is 0. The highest BCUT2D eigenvalue weighted by molar-refractivity contribution is 5.30. The normalized spacial score (nSPS) is 18.4. The van der Waals surface area contributed by atoms with Crippen LogP contribution in [0.3, 0.4) is 0 Å². The number of hydrogen-bond donors (Lipinski definition) is 2. The molecule has 90 valence electrons. The van der Waals surface area contributed by atoms with Crippen molar-refractivity contribution >= 4 is 0 Å². The first-order valence-electron chi connectivity index (χ1n) is 6.05. The maximum atomic E-state index is 9.35. The summed E-state index contributed by atoms with van der Waals surface area (Å²) in [4.78, 5) is 1.38. The summed E-state index contributed by atoms with van der Waals surface area (Å²) in [6.45, 7) is 4.35. The van der Waals surface area contributed by atoms with Crippen molar-refractivity contribution in [3.8, 4) is 11.8 Å². The highest BCUT2D eigenvalue weighted by Crippen LogP contribution is 2.15. The van der Waals surface area contributed by atoms with E-state index in [1.54, 1.807) is 7.11 Å². The molecule has 3 N–H and O–H groups in total. The van der Waals surface area contributed by atoms with E-state index in [4.69, 9.17) is 4.74 Å². The van der Waals surface area contributed by atoms with E-state index in [9.17, 15) is 5.26 Å². The topological polar surface area (TPSA) is 54.1 Å². The average Bonchev–Trinajstić information content (AvgIpc) is 2.42. The number of benzene rings is 1. The van der Waals surface area contributed by atoms with Crippen LogP contribution in [0.2, 0.25) is 0 Å². The van der Waals surface area contributed by atoms with Crippen LogP contribution in [0, 0.1) is 11.3 Å². The van der Waals surface area contributed by atoms with Gasteiger partial charge in [-0.15, -0.1) is 0 Å². The van der Waals surface area contributed by atoms with Crippen LogP contribution < -0.4 is 15.0 Å². The van der Waals surface area contributed by atoms with Crippen LogP contribution in [0.4, 0.5) is 0 Å². The molecule has 0 saturated carbocycles. The lowest BCUT2D eigenvalue weighted by Gasteiger charge is -2.26. The lowest BCUT2D eigenvalue weighted by molar-refractivity contribution is -0.965. The molecule has 1 aromatic rings. The first kappa shape index (κ1) is 11.9. The number of rotatable bonds is 3. The minimum Gasteiger partial charge on any atom is -0.497 e. The predicted molar refractivity (Wildman–Crippen MR) is 63.7 cm³/mol. The molecule has 0 radical (unpaired) electrons. The number of nitrogens with two attached hydrogens (primary N) is 1. The van der Waals surface area contributed by atoms with Crippen molar-refractivity contribution in [3.63, 3.8) is 0 Å². The van der Waals surface area contributed by atoms with Crippen LogP contribution in [-0.4, -0.2) is 33.3 Å². The monoisotopic (exact) mass is 233 g/mol. The van der Waals surface area contributed by atoms with Gasteiger partial charge in [0.25, 0.3) is 0 Å². The van der Waals surface area contributed by atoms with Crippen LogP contribution >= 0.6 is 0 Å². The molecule has 1 heterocycles. The number of nitrogens with zero attached hydrogens (tertiary/aromatic N) is 1. The molecule has 4 nitrogen and oxygen atoms in total. The lowest BCUT2D eigenvalue weighted by Crippen LogP contribution is -3.20. The second-order valence-electron chi connectivity index (χ2n) is 4.36. The molecule has 1 atom stereocenters. The van der Waals surface area contributed by atoms with Gasteiger partial charge in [-0.1, -0.05) is 0 Å². The Kier molecular flexibility index (Phi) is 3.97. The standard InChI is InChI=1S/C13H17N3O/c1-17-12-4-2-11(3-5-12)13(10-14)16-8-6-15-7-9-16/h2-5,13,15H,6-9H2,1H3/p+2/t13-/m0/s1. The third kappa shape index (κ3) is 2.76. The van der Waals surface area contributed by atoms with Gasteiger partial charge in [-0.25, -0.2) is 0 Å². The van der Waals surface area contributed by atoms with E-state index in [1.165, 1.54) is 4.90 Å². The zero-order valence-electron chi connectivity index (χ0n) is 10.1. The maximum absolute atomic E-state index is 9.35. The van der Waals surface area contributed by atoms with Crippen molar-refractivity contribution in [2.24, 2.45) is 0 Å². The quantitative estimate of drug-likeness (QED) is 0.683. The Hall–Kier alpha value is -1.57. The van der Waals surface area contributed by atoms with E-state index in [-0.39, 0.29) is 6.04 Å². The number of hydrogen-bond acceptors (Lipinski definition) is 2. The Bertz CT molecular complexity index is 390. The van der Waals surface area contributed by atoms with Gasteiger partial charge in [0.15, 0.2) is 0 Å². The molecule has 0 aromatic heterocycles. The molecule has 1 aromatic carbocycles. The van der Waals surface area contributed by atoms with Crippen LogP contribution in [0.5, 0.6) is 5.75 Å². The molecule has 0 amide bonds. The van der Waals surface area contributed by atoms with Gasteiger partial charge in [0, 0.05) is 5.56 Å². The molecule has 1 fully saturated rings. The number of nitriles is 1. The second-order valence-corrected chi connectivity index (χ2v) is 4.36. The number of quaternary nitrogens is 2. The van der Waals surface area contributed by atoms with Crippen molar-refractivity contribution in [1.29, 1.82) is 5.26 Å². The summed E-state index contributed by atoms with van der Waals surface area (Å²) in [5, 5.41) is 11.7. The predicted octanol–water partition coefficient (Wildman–Crippen LogP) is -1.28. The molecule has 2 rings (SSSR count). The molecule has 0 aliphatic carbocycles. The highest BCUT2D eigenvalue weighted by atomic mass is 16.5. The number of methoxy groups -OCH3 is 1. The van der Waals surface area contributed by atoms with Crippen molar-refractivity contribution in [2.75, 3.05) is 33.3 Å². The van der Waals surface area contributed by atoms with E-state index in [0.717, 1.165) is 37.5 Å². The molecule has 0 spiro atoms. The van der Waals surface area contributed by atoms with Crippen molar-refractivity contribution < 1.29 is 15.0 Å². The largest absolute Gasteiger partial charge is 0.497 e. The Balaban J connectivity index is 2.13. The van der Waals surface area contributed by atoms with Gasteiger partial charge in [-0.3, -0.25) is 0 Å². The minimum atomic E-state index is -0.0467. The van der Waals surface area contributed by atoms with E-state index in [0.29, 0.717) is 0 Å². The van der Waals surface area contributed by atoms with Gasteiger partial charge in [0.2, 0.25) is 6.04 Å². The molecule has 1 aliphatic rings. The molecule has 0 bridgehead atoms. The van der Waals surface area contributed by atoms with Gasteiger partial charge >= 0.3 is 0 Å². The van der Waals surface area contributed by atoms with Crippen LogP contribution in [-0.2, 0) is 0 Å². The molecule has 1 saturated heterocycles. The third-order valence-corrected chi connectivity index (χ3v) is 3.33. The van der Waals surface area contributed by atoms with Crippen molar-refractivity contribution in [2.45, 2.75) is 6.04 Å². The van der Waals surface area contributed by atoms with E-state index >= 15 is 0 Å². The van der Waals surface area contributed by atoms with E-state index in [1.807, 2.05) is 24.3 Å². The summed E-state index contributed by atoms with van der Waals surface area (Å²) >= 11 is 0. The molecule has 1 aliphatic heterocycles. The Morgan fingerprint density at radius 1 is 1.29 bits per heavy atom. The minimum absolute atomic E-state index is 0.0467. The molecule has 17 heavy (non-hydrogen) atoms. The molecule has 4 heteroatoms. The summed E-state index contributed by atoms with van der Waals surface area (Å²) in [5.74, 6) is 0.840. The zero-order valence-corrected chi connectivity index (χ0v) is 10.1. The van der Waals surface area contributed by atoms with Crippen molar-refractivity contribution in [1.82, 2.24) is 0 Å². The summed E-state index contributed by atoms with van der Waals surface area (Å²) in [7, 11) is 1.66.